The van der Waals surface area contributed by atoms with Crippen LogP contribution in [0.2, 0.25) is 10.0 Å². The highest BCUT2D eigenvalue weighted by atomic mass is 35.5. The second-order valence-corrected chi connectivity index (χ2v) is 10.2. The Hall–Kier alpha value is -2.92. The van der Waals surface area contributed by atoms with E-state index in [1.54, 1.807) is 18.2 Å². The summed E-state index contributed by atoms with van der Waals surface area (Å²) in [5, 5.41) is 14.4. The summed E-state index contributed by atoms with van der Waals surface area (Å²) in [4.78, 5) is 11.3. The van der Waals surface area contributed by atoms with E-state index in [0.717, 1.165) is 17.4 Å². The van der Waals surface area contributed by atoms with Crippen molar-refractivity contribution in [1.82, 2.24) is 14.8 Å². The molecule has 0 amide bonds. The monoisotopic (exact) mass is 572 g/mol. The Labute approximate surface area is 214 Å². The first-order valence-electron chi connectivity index (χ1n) is 10.0. The maximum absolute atomic E-state index is 13.1. The van der Waals surface area contributed by atoms with Crippen LogP contribution in [0.15, 0.2) is 47.6 Å². The summed E-state index contributed by atoms with van der Waals surface area (Å²) in [5.74, 6) is 0.372. The standard InChI is InChI=1S/C15H8Cl2F5N5S.C5H10O.CH5N/c16-12-6-11(28(18,19,20,21)22)7-13(17)15(12)27-14(5-10(8-23)26-27)25-9-1-3-24-4-2-9;1-3-5(2)4-6;1-2/h1-7H,(H,24,25);4-5H,3H2,1-2H3;2H2,1H3. The maximum atomic E-state index is 13.1. The summed E-state index contributed by atoms with van der Waals surface area (Å²) < 4.78 is 66.3. The van der Waals surface area contributed by atoms with Crippen LogP contribution in [-0.2, 0) is 4.79 Å². The van der Waals surface area contributed by atoms with Crippen molar-refractivity contribution in [3.8, 4) is 11.8 Å². The lowest BCUT2D eigenvalue weighted by Crippen LogP contribution is -2.09. The highest BCUT2D eigenvalue weighted by Crippen LogP contribution is 3.02. The van der Waals surface area contributed by atoms with E-state index >= 15 is 0 Å². The lowest BCUT2D eigenvalue weighted by atomic mass is 10.2. The molecule has 3 rings (SSSR count). The number of hydrogen-bond acceptors (Lipinski definition) is 6. The molecule has 3 N–H and O–H groups in total. The Bertz CT molecular complexity index is 1210. The van der Waals surface area contributed by atoms with E-state index in [4.69, 9.17) is 28.5 Å². The number of nitriles is 1. The van der Waals surface area contributed by atoms with Crippen molar-refractivity contribution in [2.24, 2.45) is 11.7 Å². The SMILES string of the molecule is CCC(C)C=O.CN.N#Cc1cc(Nc2ccncc2)n(-c2c(Cl)cc(S(F)(F)(F)(F)F)cc2Cl)n1. The average Bonchev–Trinajstić information content (AvgIpc) is 3.21. The summed E-state index contributed by atoms with van der Waals surface area (Å²) in [6, 6.07) is 6.35. The van der Waals surface area contributed by atoms with E-state index in [1.807, 2.05) is 13.8 Å². The lowest BCUT2D eigenvalue weighted by Gasteiger charge is -2.40. The number of carbonyl (C=O) groups is 1. The summed E-state index contributed by atoms with van der Waals surface area (Å²) >= 11 is 11.7. The molecule has 15 heteroatoms. The fraction of sp³-hybridized carbons (Fsp3) is 0.238. The van der Waals surface area contributed by atoms with Gasteiger partial charge in [0.2, 0.25) is 0 Å². The topological polar surface area (TPSA) is 110 Å². The molecule has 2 aromatic heterocycles. The number of hydrogen-bond donors (Lipinski definition) is 2. The van der Waals surface area contributed by atoms with E-state index in [2.05, 4.69) is 21.1 Å². The minimum absolute atomic E-state index is 0.0776. The molecule has 0 saturated carbocycles. The van der Waals surface area contributed by atoms with Crippen molar-refractivity contribution in [2.75, 3.05) is 12.4 Å². The normalized spacial score (nSPS) is 13.4. The quantitative estimate of drug-likeness (QED) is 0.232. The Morgan fingerprint density at radius 1 is 1.14 bits per heavy atom. The van der Waals surface area contributed by atoms with Crippen LogP contribution in [0, 0.1) is 17.2 Å². The predicted molar refractivity (Wildman–Crippen MR) is 133 cm³/mol. The van der Waals surface area contributed by atoms with Crippen molar-refractivity contribution >= 4 is 51.2 Å². The number of carbonyl (C=O) groups excluding carboxylic acids is 1. The van der Waals surface area contributed by atoms with Crippen molar-refractivity contribution in [3.05, 3.63) is 58.5 Å². The van der Waals surface area contributed by atoms with Gasteiger partial charge in [0.1, 0.15) is 28.8 Å². The number of anilines is 2. The van der Waals surface area contributed by atoms with Gasteiger partial charge in [0.25, 0.3) is 0 Å². The summed E-state index contributed by atoms with van der Waals surface area (Å²) in [7, 11) is -8.49. The minimum atomic E-state index is -9.99. The van der Waals surface area contributed by atoms with E-state index in [-0.39, 0.29) is 35.2 Å². The predicted octanol–water partition coefficient (Wildman–Crippen LogP) is 7.65. The number of pyridine rings is 1. The zero-order chi connectivity index (χ0) is 27.8. The molecule has 1 unspecified atom stereocenters. The van der Waals surface area contributed by atoms with Crippen LogP contribution in [-0.4, -0.2) is 28.1 Å². The smallest absolute Gasteiger partial charge is 0.310 e. The molecule has 0 fully saturated rings. The van der Waals surface area contributed by atoms with E-state index in [9.17, 15) is 24.2 Å². The summed E-state index contributed by atoms with van der Waals surface area (Å²) in [5.41, 5.74) is 4.60. The number of nitrogens with one attached hydrogen (secondary N) is 1. The fourth-order valence-electron chi connectivity index (χ4n) is 2.34. The third-order valence-electron chi connectivity index (χ3n) is 4.30. The van der Waals surface area contributed by atoms with Gasteiger partial charge < -0.3 is 15.8 Å². The molecular weight excluding hydrogens is 550 g/mol. The van der Waals surface area contributed by atoms with Crippen molar-refractivity contribution in [1.29, 1.82) is 5.26 Å². The number of halogens is 7. The van der Waals surface area contributed by atoms with Gasteiger partial charge in [-0.2, -0.15) is 10.4 Å². The van der Waals surface area contributed by atoms with Crippen LogP contribution in [0.3, 0.4) is 0 Å². The lowest BCUT2D eigenvalue weighted by molar-refractivity contribution is -0.110. The first-order valence-corrected chi connectivity index (χ1v) is 12.7. The van der Waals surface area contributed by atoms with Gasteiger partial charge in [-0.15, -0.1) is 0 Å². The van der Waals surface area contributed by atoms with Crippen LogP contribution in [0.25, 0.3) is 5.69 Å². The Balaban J connectivity index is 0.000000710. The molecule has 0 aliphatic rings. The van der Waals surface area contributed by atoms with E-state index in [0.29, 0.717) is 5.69 Å². The number of nitrogens with two attached hydrogens (primary N) is 1. The third kappa shape index (κ3) is 8.63. The zero-order valence-electron chi connectivity index (χ0n) is 19.2. The molecule has 0 saturated heterocycles. The Kier molecular flexibility index (Phi) is 9.87. The highest BCUT2D eigenvalue weighted by Gasteiger charge is 2.65. The molecule has 0 radical (unpaired) electrons. The van der Waals surface area contributed by atoms with Gasteiger partial charge >= 0.3 is 10.2 Å². The molecular formula is C21H23Cl2F5N6OS. The molecule has 0 aliphatic heterocycles. The van der Waals surface area contributed by atoms with Gasteiger partial charge in [-0.1, -0.05) is 56.5 Å². The second-order valence-electron chi connectivity index (χ2n) is 7.03. The van der Waals surface area contributed by atoms with Crippen molar-refractivity contribution < 1.29 is 24.2 Å². The number of aldehydes is 1. The number of aromatic nitrogens is 3. The molecule has 3 aromatic rings. The molecule has 198 valence electrons. The maximum Gasteiger partial charge on any atom is 0.310 e. The Morgan fingerprint density at radius 2 is 1.67 bits per heavy atom. The van der Waals surface area contributed by atoms with E-state index in [1.165, 1.54) is 25.5 Å². The third-order valence-corrected chi connectivity index (χ3v) is 6.00. The van der Waals surface area contributed by atoms with Gasteiger partial charge in [0.15, 0.2) is 5.69 Å². The zero-order valence-corrected chi connectivity index (χ0v) is 21.6. The van der Waals surface area contributed by atoms with Gasteiger partial charge in [-0.3, -0.25) is 4.98 Å². The van der Waals surface area contributed by atoms with Gasteiger partial charge in [-0.05, 0) is 37.7 Å². The van der Waals surface area contributed by atoms with Gasteiger partial charge in [0, 0.05) is 30.1 Å². The number of benzene rings is 1. The van der Waals surface area contributed by atoms with Crippen molar-refractivity contribution in [2.45, 2.75) is 25.2 Å². The fourth-order valence-corrected chi connectivity index (χ4v) is 3.80. The summed E-state index contributed by atoms with van der Waals surface area (Å²) in [6.07, 6.45) is 4.87. The molecule has 36 heavy (non-hydrogen) atoms. The molecule has 1 aromatic carbocycles. The van der Waals surface area contributed by atoms with Crippen LogP contribution in [0.5, 0.6) is 0 Å². The second kappa shape index (κ2) is 11.4. The van der Waals surface area contributed by atoms with Crippen LogP contribution in [0.4, 0.5) is 30.9 Å². The molecule has 2 heterocycles. The highest BCUT2D eigenvalue weighted by molar-refractivity contribution is 8.45. The number of nitrogens with zero attached hydrogens (tertiary/aromatic N) is 4. The largest absolute Gasteiger partial charge is 0.340 e. The van der Waals surface area contributed by atoms with E-state index < -0.39 is 25.2 Å². The Morgan fingerprint density at radius 3 is 2.06 bits per heavy atom. The summed E-state index contributed by atoms with van der Waals surface area (Å²) in [6.45, 7) is 3.91. The number of rotatable bonds is 6. The van der Waals surface area contributed by atoms with Crippen molar-refractivity contribution in [3.63, 3.8) is 0 Å². The molecule has 0 aliphatic carbocycles. The first kappa shape index (κ1) is 31.1. The average molecular weight is 573 g/mol. The molecule has 1 atom stereocenters. The van der Waals surface area contributed by atoms with Gasteiger partial charge in [-0.25, -0.2) is 4.68 Å². The van der Waals surface area contributed by atoms with Crippen LogP contribution in [0.1, 0.15) is 26.0 Å². The molecule has 0 spiro atoms. The molecule has 7 nitrogen and oxygen atoms in total. The van der Waals surface area contributed by atoms with Crippen LogP contribution >= 0.6 is 33.4 Å². The first-order chi connectivity index (χ1) is 16.6. The molecule has 0 bridgehead atoms. The van der Waals surface area contributed by atoms with Gasteiger partial charge in [0.05, 0.1) is 10.0 Å². The van der Waals surface area contributed by atoms with Crippen LogP contribution < -0.4 is 11.1 Å². The minimum Gasteiger partial charge on any atom is -0.340 e.